The lowest BCUT2D eigenvalue weighted by atomic mass is 9.69. The largest absolute Gasteiger partial charge is 0.507 e. The van der Waals surface area contributed by atoms with Gasteiger partial charge in [0.1, 0.15) is 28.9 Å². The maximum absolute atomic E-state index is 12.9. The Hall–Kier alpha value is -2.30. The zero-order valence-corrected chi connectivity index (χ0v) is 20.8. The minimum Gasteiger partial charge on any atom is -0.507 e. The van der Waals surface area contributed by atoms with Crippen LogP contribution in [0, 0.1) is 28.6 Å². The maximum Gasteiger partial charge on any atom is 0.170 e. The molecule has 2 N–H and O–H groups in total. The van der Waals surface area contributed by atoms with Crippen molar-refractivity contribution in [2.75, 3.05) is 0 Å². The average molecular weight is 455 g/mol. The quantitative estimate of drug-likeness (QED) is 0.319. The minimum absolute atomic E-state index is 0.0141. The Morgan fingerprint density at radius 1 is 1.24 bits per heavy atom. The molecule has 180 valence electrons. The van der Waals surface area contributed by atoms with Gasteiger partial charge in [-0.15, -0.1) is 0 Å². The van der Waals surface area contributed by atoms with Crippen LogP contribution in [0.25, 0.3) is 0 Å². The van der Waals surface area contributed by atoms with E-state index in [0.29, 0.717) is 30.1 Å². The van der Waals surface area contributed by atoms with E-state index in [1.54, 1.807) is 0 Å². The molecule has 5 heteroatoms. The van der Waals surface area contributed by atoms with Crippen LogP contribution in [0.4, 0.5) is 0 Å². The summed E-state index contributed by atoms with van der Waals surface area (Å²) in [5.41, 5.74) is 1.62. The van der Waals surface area contributed by atoms with Gasteiger partial charge in [-0.3, -0.25) is 9.59 Å². The molecule has 1 heterocycles. The fraction of sp³-hybridized carbons (Fsp3) is 0.643. The monoisotopic (exact) mass is 454 g/mol. The molecule has 1 saturated carbocycles. The Morgan fingerprint density at radius 3 is 2.58 bits per heavy atom. The number of aldehydes is 1. The number of carbonyl (C=O) groups excluding carboxylic acids is 2. The van der Waals surface area contributed by atoms with Crippen molar-refractivity contribution >= 4 is 12.1 Å². The van der Waals surface area contributed by atoms with Crippen molar-refractivity contribution in [3.63, 3.8) is 0 Å². The maximum atomic E-state index is 12.9. The zero-order chi connectivity index (χ0) is 24.3. The van der Waals surface area contributed by atoms with E-state index in [9.17, 15) is 19.8 Å². The molecule has 0 aromatic heterocycles. The molecule has 0 saturated heterocycles. The molecule has 3 aliphatic rings. The number of benzene rings is 1. The smallest absolute Gasteiger partial charge is 0.170 e. The van der Waals surface area contributed by atoms with Gasteiger partial charge >= 0.3 is 0 Å². The third-order valence-corrected chi connectivity index (χ3v) is 8.56. The van der Waals surface area contributed by atoms with E-state index in [2.05, 4.69) is 33.8 Å². The third-order valence-electron chi connectivity index (χ3n) is 8.56. The highest BCUT2D eigenvalue weighted by atomic mass is 16.5. The molecule has 4 atom stereocenters. The molecular formula is C28H38O5. The highest BCUT2D eigenvalue weighted by molar-refractivity contribution is 6.05. The van der Waals surface area contributed by atoms with Crippen LogP contribution < -0.4 is 4.74 Å². The van der Waals surface area contributed by atoms with Crippen LogP contribution in [-0.2, 0) is 6.42 Å². The molecule has 33 heavy (non-hydrogen) atoms. The van der Waals surface area contributed by atoms with E-state index in [0.717, 1.165) is 25.7 Å². The average Bonchev–Trinajstić information content (AvgIpc) is 3.26. The van der Waals surface area contributed by atoms with Crippen molar-refractivity contribution in [2.24, 2.45) is 28.6 Å². The summed E-state index contributed by atoms with van der Waals surface area (Å²) in [6.45, 7) is 12.8. The summed E-state index contributed by atoms with van der Waals surface area (Å²) < 4.78 is 6.60. The number of aromatic hydroxyl groups is 2. The first-order chi connectivity index (χ1) is 15.4. The van der Waals surface area contributed by atoms with Gasteiger partial charge in [-0.2, -0.15) is 0 Å². The van der Waals surface area contributed by atoms with Crippen LogP contribution in [0.1, 0.15) is 99.9 Å². The summed E-state index contributed by atoms with van der Waals surface area (Å²) >= 11 is 0. The zero-order valence-electron chi connectivity index (χ0n) is 20.8. The number of rotatable bonds is 4. The summed E-state index contributed by atoms with van der Waals surface area (Å²) in [7, 11) is 0. The molecule has 0 bridgehead atoms. The molecule has 1 fully saturated rings. The molecule has 2 aliphatic carbocycles. The normalized spacial score (nSPS) is 31.8. The highest BCUT2D eigenvalue weighted by Crippen LogP contribution is 2.67. The molecule has 0 spiro atoms. The molecule has 0 amide bonds. The van der Waals surface area contributed by atoms with Gasteiger partial charge in [-0.25, -0.2) is 0 Å². The van der Waals surface area contributed by atoms with Crippen LogP contribution in [-0.4, -0.2) is 28.4 Å². The van der Waals surface area contributed by atoms with Gasteiger partial charge in [-0.1, -0.05) is 46.3 Å². The molecule has 1 aliphatic heterocycles. The van der Waals surface area contributed by atoms with E-state index in [4.69, 9.17) is 4.74 Å². The first kappa shape index (κ1) is 23.8. The van der Waals surface area contributed by atoms with Crippen molar-refractivity contribution < 1.29 is 24.5 Å². The molecule has 1 aromatic carbocycles. The Morgan fingerprint density at radius 2 is 1.94 bits per heavy atom. The van der Waals surface area contributed by atoms with Crippen molar-refractivity contribution in [3.05, 3.63) is 28.3 Å². The number of allylic oxidation sites excluding steroid dienone is 2. The Bertz CT molecular complexity index is 1020. The van der Waals surface area contributed by atoms with Crippen molar-refractivity contribution in [1.82, 2.24) is 0 Å². The Kier molecular flexibility index (Phi) is 5.91. The first-order valence-electron chi connectivity index (χ1n) is 12.3. The molecule has 0 unspecified atom stereocenters. The molecule has 0 radical (unpaired) electrons. The number of ketones is 1. The summed E-state index contributed by atoms with van der Waals surface area (Å²) in [6, 6.07) is 0. The van der Waals surface area contributed by atoms with Crippen molar-refractivity contribution in [1.29, 1.82) is 0 Å². The van der Waals surface area contributed by atoms with Gasteiger partial charge in [0.2, 0.25) is 0 Å². The summed E-state index contributed by atoms with van der Waals surface area (Å²) in [4.78, 5) is 25.0. The number of fused-ring (bicyclic) bond motifs is 4. The number of Topliss-reactive ketones (excluding diaryl/α,β-unsaturated/α-hetero) is 1. The lowest BCUT2D eigenvalue weighted by Gasteiger charge is -2.44. The Balaban J connectivity index is 1.85. The fourth-order valence-electron chi connectivity index (χ4n) is 6.50. The topological polar surface area (TPSA) is 83.8 Å². The number of carbonyl (C=O) groups is 2. The van der Waals surface area contributed by atoms with E-state index >= 15 is 0 Å². The molecule has 4 rings (SSSR count). The van der Waals surface area contributed by atoms with E-state index < -0.39 is 5.75 Å². The van der Waals surface area contributed by atoms with Crippen LogP contribution in [0.2, 0.25) is 0 Å². The summed E-state index contributed by atoms with van der Waals surface area (Å²) in [6.07, 6.45) is 7.47. The minimum atomic E-state index is -0.458. The van der Waals surface area contributed by atoms with Crippen molar-refractivity contribution in [2.45, 2.75) is 86.2 Å². The lowest BCUT2D eigenvalue weighted by molar-refractivity contribution is 0.00493. The first-order valence-corrected chi connectivity index (χ1v) is 12.3. The van der Waals surface area contributed by atoms with Gasteiger partial charge in [-0.05, 0) is 56.3 Å². The molecule has 5 nitrogen and oxygen atoms in total. The molecular weight excluding hydrogens is 416 g/mol. The number of hydrogen-bond acceptors (Lipinski definition) is 5. The van der Waals surface area contributed by atoms with Gasteiger partial charge in [0.25, 0.3) is 0 Å². The number of phenols is 2. The SMILES string of the molecule is C/C1=C\CC[C@]2(C)Cc3c(O)c(C(=O)CC(C)C)c(O)c(C=O)c3O[C@H]2[C@@H]2[C@@H](CC1)C2(C)C. The summed E-state index contributed by atoms with van der Waals surface area (Å²) in [5.74, 6) is 0.146. The van der Waals surface area contributed by atoms with Crippen LogP contribution in [0.15, 0.2) is 11.6 Å². The highest BCUT2D eigenvalue weighted by Gasteiger charge is 2.65. The van der Waals surface area contributed by atoms with Gasteiger partial charge in [0, 0.05) is 23.3 Å². The third kappa shape index (κ3) is 3.87. The predicted octanol–water partition coefficient (Wildman–Crippen LogP) is 6.24. The van der Waals surface area contributed by atoms with E-state index in [1.165, 1.54) is 5.57 Å². The standard InChI is InChI=1S/C28H38O5/c1-15(2)12-20(30)21-23(31)17-13-28(6)11-7-8-16(3)9-10-19-22(27(19,4)5)26(28)33-25(17)18(14-29)24(21)32/h8,14-15,19,22,26,31-32H,7,9-13H2,1-6H3/b16-8+/t19-,22+,26+,28-/m1/s1. The van der Waals surface area contributed by atoms with Crippen LogP contribution in [0.3, 0.4) is 0 Å². The van der Waals surface area contributed by atoms with Crippen LogP contribution in [0.5, 0.6) is 17.2 Å². The Labute approximate surface area is 197 Å². The van der Waals surface area contributed by atoms with E-state index in [-0.39, 0.29) is 57.7 Å². The lowest BCUT2D eigenvalue weighted by Crippen LogP contribution is -2.45. The van der Waals surface area contributed by atoms with Crippen molar-refractivity contribution in [3.8, 4) is 17.2 Å². The van der Waals surface area contributed by atoms with E-state index in [1.807, 2.05) is 13.8 Å². The second-order valence-corrected chi connectivity index (χ2v) is 11.9. The fourth-order valence-corrected chi connectivity index (χ4v) is 6.50. The van der Waals surface area contributed by atoms with Gasteiger partial charge in [0.05, 0.1) is 5.56 Å². The number of ether oxygens (including phenoxy) is 1. The van der Waals surface area contributed by atoms with Crippen LogP contribution >= 0.6 is 0 Å². The van der Waals surface area contributed by atoms with Gasteiger partial charge in [0.15, 0.2) is 12.1 Å². The number of hydrogen-bond donors (Lipinski definition) is 2. The second-order valence-electron chi connectivity index (χ2n) is 11.9. The molecule has 1 aromatic rings. The predicted molar refractivity (Wildman–Crippen MR) is 128 cm³/mol. The number of phenolic OH excluding ortho intramolecular Hbond substituents is 2. The van der Waals surface area contributed by atoms with Gasteiger partial charge < -0.3 is 14.9 Å². The second kappa shape index (κ2) is 8.18. The summed E-state index contributed by atoms with van der Waals surface area (Å²) in [5, 5.41) is 22.0.